The molecule has 0 fully saturated rings. The van der Waals surface area contributed by atoms with Crippen LogP contribution in [-0.4, -0.2) is 4.57 Å². The van der Waals surface area contributed by atoms with Crippen molar-refractivity contribution in [3.05, 3.63) is 252 Å². The standard InChI is InChI=1S/C60H44N2/c1-60(2)51-38-42(57(41-21-6-3-7-22-41)47-32-18-23-40-20-12-13-28-45(40)47)36-37-49(51)58-48-30-15-14-29-46(48)56(39-52(58)60)62(44-26-10-5-11-27-44)55-35-19-34-54-59(55)50-31-16-17-33-53(50)61(54)43-24-8-4-9-25-43/h3-39,57H,1-2H3. The molecule has 0 bridgehead atoms. The minimum atomic E-state index is -0.281. The van der Waals surface area contributed by atoms with Gasteiger partial charge >= 0.3 is 0 Å². The number of benzene rings is 10. The second-order valence-electron chi connectivity index (χ2n) is 17.2. The van der Waals surface area contributed by atoms with Crippen LogP contribution in [-0.2, 0) is 5.41 Å². The summed E-state index contributed by atoms with van der Waals surface area (Å²) in [4.78, 5) is 2.52. The molecule has 2 heteroatoms. The van der Waals surface area contributed by atoms with Crippen LogP contribution < -0.4 is 4.90 Å². The molecule has 1 aromatic heterocycles. The van der Waals surface area contributed by atoms with Gasteiger partial charge in [-0.25, -0.2) is 0 Å². The van der Waals surface area contributed by atoms with Crippen molar-refractivity contribution in [1.29, 1.82) is 0 Å². The van der Waals surface area contributed by atoms with E-state index in [-0.39, 0.29) is 11.3 Å². The van der Waals surface area contributed by atoms with E-state index in [1.807, 2.05) is 0 Å². The van der Waals surface area contributed by atoms with Crippen molar-refractivity contribution in [2.24, 2.45) is 0 Å². The Morgan fingerprint density at radius 1 is 0.435 bits per heavy atom. The van der Waals surface area contributed by atoms with Gasteiger partial charge in [-0.3, -0.25) is 0 Å². The third kappa shape index (κ3) is 5.50. The number of nitrogens with zero attached hydrogens (tertiary/aromatic N) is 2. The van der Waals surface area contributed by atoms with Crippen LogP contribution in [0, 0.1) is 0 Å². The van der Waals surface area contributed by atoms with E-state index < -0.39 is 0 Å². The molecule has 1 atom stereocenters. The molecule has 1 heterocycles. The van der Waals surface area contributed by atoms with Crippen molar-refractivity contribution >= 4 is 60.4 Å². The summed E-state index contributed by atoms with van der Waals surface area (Å²) in [6, 6.07) is 82.9. The summed E-state index contributed by atoms with van der Waals surface area (Å²) in [7, 11) is 0. The Morgan fingerprint density at radius 2 is 1.05 bits per heavy atom. The number of hydrogen-bond acceptors (Lipinski definition) is 1. The molecule has 1 aliphatic rings. The van der Waals surface area contributed by atoms with Gasteiger partial charge in [0.05, 0.1) is 22.4 Å². The molecule has 294 valence electrons. The maximum absolute atomic E-state index is 2.53. The van der Waals surface area contributed by atoms with Crippen molar-refractivity contribution in [1.82, 2.24) is 4.57 Å². The summed E-state index contributed by atoms with van der Waals surface area (Å²) in [5, 5.41) is 7.52. The fraction of sp³-hybridized carbons (Fsp3) is 0.0667. The van der Waals surface area contributed by atoms with Crippen molar-refractivity contribution in [2.75, 3.05) is 4.90 Å². The summed E-state index contributed by atoms with van der Waals surface area (Å²) in [6.45, 7) is 4.85. The van der Waals surface area contributed by atoms with Gasteiger partial charge in [0.2, 0.25) is 0 Å². The number of fused-ring (bicyclic) bond motifs is 9. The first-order valence-corrected chi connectivity index (χ1v) is 21.7. The fourth-order valence-electron chi connectivity index (χ4n) is 10.7. The summed E-state index contributed by atoms with van der Waals surface area (Å²) in [5.41, 5.74) is 16.0. The molecule has 1 aliphatic carbocycles. The van der Waals surface area contributed by atoms with Crippen LogP contribution in [0.25, 0.3) is 60.2 Å². The molecule has 0 radical (unpaired) electrons. The third-order valence-electron chi connectivity index (χ3n) is 13.5. The highest BCUT2D eigenvalue weighted by atomic mass is 15.1. The minimum Gasteiger partial charge on any atom is -0.309 e. The number of hydrogen-bond donors (Lipinski definition) is 0. The zero-order valence-corrected chi connectivity index (χ0v) is 34.8. The summed E-state index contributed by atoms with van der Waals surface area (Å²) >= 11 is 0. The van der Waals surface area contributed by atoms with Crippen LogP contribution in [0.15, 0.2) is 224 Å². The van der Waals surface area contributed by atoms with E-state index in [0.29, 0.717) is 0 Å². The van der Waals surface area contributed by atoms with E-state index in [2.05, 4.69) is 248 Å². The molecule has 62 heavy (non-hydrogen) atoms. The summed E-state index contributed by atoms with van der Waals surface area (Å²) in [6.07, 6.45) is 0. The monoisotopic (exact) mass is 792 g/mol. The maximum Gasteiger partial charge on any atom is 0.0562 e. The van der Waals surface area contributed by atoms with Gasteiger partial charge in [0.15, 0.2) is 0 Å². The van der Waals surface area contributed by atoms with Gasteiger partial charge in [0.25, 0.3) is 0 Å². The normalized spacial score (nSPS) is 13.4. The third-order valence-corrected chi connectivity index (χ3v) is 13.5. The Kier molecular flexibility index (Phi) is 8.30. The SMILES string of the molecule is CC1(C)c2cc(C(c3ccccc3)c3cccc4ccccc34)ccc2-c2c1cc(N(c1ccccc1)c1cccc3c1c1ccccc1n3-c1ccccc1)c1ccccc21. The Balaban J connectivity index is 1.09. The molecule has 11 aromatic rings. The van der Waals surface area contributed by atoms with E-state index in [1.165, 1.54) is 88.0 Å². The second kappa shape index (κ2) is 14.2. The maximum atomic E-state index is 2.53. The smallest absolute Gasteiger partial charge is 0.0562 e. The molecule has 0 amide bonds. The molecule has 0 N–H and O–H groups in total. The van der Waals surface area contributed by atoms with E-state index in [0.717, 1.165) is 17.1 Å². The molecule has 0 aliphatic heterocycles. The van der Waals surface area contributed by atoms with E-state index in [4.69, 9.17) is 0 Å². The number of anilines is 3. The topological polar surface area (TPSA) is 8.17 Å². The summed E-state index contributed by atoms with van der Waals surface area (Å²) in [5.74, 6) is 0.0755. The lowest BCUT2D eigenvalue weighted by atomic mass is 9.78. The average molecular weight is 793 g/mol. The van der Waals surface area contributed by atoms with Crippen molar-refractivity contribution < 1.29 is 0 Å². The quantitative estimate of drug-likeness (QED) is 0.146. The van der Waals surface area contributed by atoms with Crippen molar-refractivity contribution in [3.63, 3.8) is 0 Å². The molecule has 1 unspecified atom stereocenters. The molecular formula is C60H44N2. The molecule has 0 saturated carbocycles. The van der Waals surface area contributed by atoms with Gasteiger partial charge in [0.1, 0.15) is 0 Å². The first-order valence-electron chi connectivity index (χ1n) is 21.7. The second-order valence-corrected chi connectivity index (χ2v) is 17.2. The number of rotatable bonds is 7. The van der Waals surface area contributed by atoms with Gasteiger partial charge in [0, 0.05) is 38.9 Å². The minimum absolute atomic E-state index is 0.0755. The lowest BCUT2D eigenvalue weighted by Gasteiger charge is -2.30. The van der Waals surface area contributed by atoms with Gasteiger partial charge in [-0.15, -0.1) is 0 Å². The largest absolute Gasteiger partial charge is 0.309 e. The van der Waals surface area contributed by atoms with Crippen LogP contribution in [0.5, 0.6) is 0 Å². The number of aromatic nitrogens is 1. The molecular weight excluding hydrogens is 749 g/mol. The van der Waals surface area contributed by atoms with Crippen LogP contribution in [0.4, 0.5) is 17.1 Å². The predicted molar refractivity (Wildman–Crippen MR) is 262 cm³/mol. The van der Waals surface area contributed by atoms with E-state index >= 15 is 0 Å². The van der Waals surface area contributed by atoms with E-state index in [1.54, 1.807) is 0 Å². The van der Waals surface area contributed by atoms with Crippen LogP contribution in [0.2, 0.25) is 0 Å². The van der Waals surface area contributed by atoms with Gasteiger partial charge in [-0.05, 0) is 104 Å². The Labute approximate surface area is 362 Å². The van der Waals surface area contributed by atoms with Gasteiger partial charge in [-0.1, -0.05) is 190 Å². The molecule has 12 rings (SSSR count). The van der Waals surface area contributed by atoms with Crippen LogP contribution in [0.3, 0.4) is 0 Å². The Morgan fingerprint density at radius 3 is 1.84 bits per heavy atom. The van der Waals surface area contributed by atoms with Gasteiger partial charge < -0.3 is 9.47 Å². The van der Waals surface area contributed by atoms with Crippen LogP contribution in [0.1, 0.15) is 47.6 Å². The first kappa shape index (κ1) is 36.2. The molecule has 0 spiro atoms. The summed E-state index contributed by atoms with van der Waals surface area (Å²) < 4.78 is 2.41. The molecule has 0 saturated heterocycles. The lowest BCUT2D eigenvalue weighted by molar-refractivity contribution is 0.659. The average Bonchev–Trinajstić information content (AvgIpc) is 3.79. The van der Waals surface area contributed by atoms with Crippen LogP contribution >= 0.6 is 0 Å². The zero-order chi connectivity index (χ0) is 41.4. The number of para-hydroxylation sites is 3. The Hall–Kier alpha value is -7.68. The van der Waals surface area contributed by atoms with Crippen molar-refractivity contribution in [2.45, 2.75) is 25.2 Å². The van der Waals surface area contributed by atoms with E-state index in [9.17, 15) is 0 Å². The fourth-order valence-corrected chi connectivity index (χ4v) is 10.7. The highest BCUT2D eigenvalue weighted by Crippen LogP contribution is 2.56. The predicted octanol–water partition coefficient (Wildman–Crippen LogP) is 16.0. The molecule has 2 nitrogen and oxygen atoms in total. The lowest BCUT2D eigenvalue weighted by Crippen LogP contribution is -2.17. The molecule has 10 aromatic carbocycles. The first-order chi connectivity index (χ1) is 30.6. The van der Waals surface area contributed by atoms with Gasteiger partial charge in [-0.2, -0.15) is 0 Å². The van der Waals surface area contributed by atoms with Crippen molar-refractivity contribution in [3.8, 4) is 16.8 Å². The highest BCUT2D eigenvalue weighted by Gasteiger charge is 2.39. The Bertz CT molecular complexity index is 3480. The zero-order valence-electron chi connectivity index (χ0n) is 34.8. The highest BCUT2D eigenvalue weighted by molar-refractivity contribution is 6.18.